The molecular formula is C11H14N4OS. The smallest absolute Gasteiger partial charge is 0.285 e. The minimum Gasteiger partial charge on any atom is -0.339 e. The van der Waals surface area contributed by atoms with Crippen molar-refractivity contribution in [3.05, 3.63) is 18.0 Å². The maximum absolute atomic E-state index is 11.6. The van der Waals surface area contributed by atoms with Gasteiger partial charge < -0.3 is 4.90 Å². The lowest BCUT2D eigenvalue weighted by Gasteiger charge is -2.08. The highest BCUT2D eigenvalue weighted by Crippen LogP contribution is 2.24. The summed E-state index contributed by atoms with van der Waals surface area (Å²) in [4.78, 5) is 18.3. The molecule has 0 aliphatic rings. The van der Waals surface area contributed by atoms with E-state index in [1.54, 1.807) is 29.9 Å². The average Bonchev–Trinajstić information content (AvgIpc) is 2.54. The molecule has 17 heavy (non-hydrogen) atoms. The molecule has 0 spiro atoms. The predicted octanol–water partition coefficient (Wildman–Crippen LogP) is 2.05. The number of hydrogen-bond acceptors (Lipinski definition) is 4. The van der Waals surface area contributed by atoms with Crippen molar-refractivity contribution in [2.45, 2.75) is 11.8 Å². The van der Waals surface area contributed by atoms with E-state index in [9.17, 15) is 4.79 Å². The van der Waals surface area contributed by atoms with Crippen LogP contribution < -0.4 is 0 Å². The van der Waals surface area contributed by atoms with Gasteiger partial charge in [0.1, 0.15) is 0 Å². The second kappa shape index (κ2) is 4.37. The lowest BCUT2D eigenvalue weighted by molar-refractivity contribution is 0.241. The van der Waals surface area contributed by atoms with Crippen LogP contribution in [0.15, 0.2) is 17.2 Å². The van der Waals surface area contributed by atoms with Gasteiger partial charge in [-0.1, -0.05) is 0 Å². The summed E-state index contributed by atoms with van der Waals surface area (Å²) < 4.78 is 1.74. The zero-order valence-corrected chi connectivity index (χ0v) is 11.1. The van der Waals surface area contributed by atoms with E-state index in [1.165, 1.54) is 11.8 Å². The molecule has 5 nitrogen and oxygen atoms in total. The van der Waals surface area contributed by atoms with E-state index in [1.807, 2.05) is 20.0 Å². The molecule has 0 saturated carbocycles. The van der Waals surface area contributed by atoms with Crippen LogP contribution in [-0.4, -0.2) is 39.0 Å². The first-order valence-electron chi connectivity index (χ1n) is 5.17. The molecule has 6 heteroatoms. The molecule has 0 saturated heterocycles. The fourth-order valence-corrected chi connectivity index (χ4v) is 2.20. The largest absolute Gasteiger partial charge is 0.339 e. The number of thioether (sulfide) groups is 1. The van der Waals surface area contributed by atoms with Crippen molar-refractivity contribution in [2.75, 3.05) is 14.1 Å². The Balaban J connectivity index is 2.38. The second-order valence-corrected chi connectivity index (χ2v) is 5.04. The van der Waals surface area contributed by atoms with E-state index in [-0.39, 0.29) is 5.24 Å². The van der Waals surface area contributed by atoms with Gasteiger partial charge in [0.05, 0.1) is 5.69 Å². The Bertz CT molecular complexity index is 576. The second-order valence-electron chi connectivity index (χ2n) is 4.01. The van der Waals surface area contributed by atoms with Gasteiger partial charge >= 0.3 is 0 Å². The molecular weight excluding hydrogens is 236 g/mol. The highest BCUT2D eigenvalue weighted by atomic mass is 32.2. The minimum atomic E-state index is -0.00677. The number of carbonyl (C=O) groups excluding carboxylic acids is 1. The van der Waals surface area contributed by atoms with E-state index >= 15 is 0 Å². The maximum Gasteiger partial charge on any atom is 0.285 e. The Labute approximate surface area is 104 Å². The predicted molar refractivity (Wildman–Crippen MR) is 68.2 cm³/mol. The van der Waals surface area contributed by atoms with Crippen LogP contribution in [0, 0.1) is 6.92 Å². The van der Waals surface area contributed by atoms with Gasteiger partial charge in [-0.15, -0.1) is 0 Å². The third kappa shape index (κ3) is 2.26. The van der Waals surface area contributed by atoms with E-state index in [4.69, 9.17) is 0 Å². The Morgan fingerprint density at radius 2 is 2.18 bits per heavy atom. The van der Waals surface area contributed by atoms with Gasteiger partial charge in [-0.3, -0.25) is 9.48 Å². The van der Waals surface area contributed by atoms with Crippen LogP contribution in [0.2, 0.25) is 0 Å². The van der Waals surface area contributed by atoms with Gasteiger partial charge in [-0.25, -0.2) is 4.98 Å². The summed E-state index contributed by atoms with van der Waals surface area (Å²) in [6.45, 7) is 1.94. The van der Waals surface area contributed by atoms with Crippen molar-refractivity contribution in [2.24, 2.45) is 7.05 Å². The van der Waals surface area contributed by atoms with Gasteiger partial charge in [0.15, 0.2) is 5.65 Å². The number of fused-ring (bicyclic) bond motifs is 1. The number of rotatable bonds is 1. The Hall–Kier alpha value is -1.56. The maximum atomic E-state index is 11.6. The number of aryl methyl sites for hydroxylation is 2. The third-order valence-corrected chi connectivity index (χ3v) is 3.41. The summed E-state index contributed by atoms with van der Waals surface area (Å²) in [5, 5.41) is 5.28. The Morgan fingerprint density at radius 1 is 1.47 bits per heavy atom. The number of nitrogens with zero attached hydrogens (tertiary/aromatic N) is 4. The van der Waals surface area contributed by atoms with E-state index in [0.717, 1.165) is 21.6 Å². The first kappa shape index (κ1) is 11.9. The van der Waals surface area contributed by atoms with Gasteiger partial charge in [-0.05, 0) is 24.8 Å². The van der Waals surface area contributed by atoms with Crippen molar-refractivity contribution < 1.29 is 4.79 Å². The van der Waals surface area contributed by atoms with Crippen LogP contribution in [0.25, 0.3) is 11.0 Å². The van der Waals surface area contributed by atoms with Crippen molar-refractivity contribution in [3.8, 4) is 0 Å². The SMILES string of the molecule is Cc1nn(C)c2ncc(SC(=O)N(C)C)cc12. The summed E-state index contributed by atoms with van der Waals surface area (Å²) in [6, 6.07) is 1.96. The molecule has 0 fully saturated rings. The number of aromatic nitrogens is 3. The Kier molecular flexibility index (Phi) is 3.06. The normalized spacial score (nSPS) is 10.8. The number of hydrogen-bond donors (Lipinski definition) is 0. The third-order valence-electron chi connectivity index (χ3n) is 2.41. The highest BCUT2D eigenvalue weighted by Gasteiger charge is 2.11. The molecule has 2 heterocycles. The molecule has 0 bridgehead atoms. The summed E-state index contributed by atoms with van der Waals surface area (Å²) >= 11 is 1.17. The number of pyridine rings is 1. The molecule has 0 aromatic carbocycles. The minimum absolute atomic E-state index is 0.00677. The molecule has 0 aliphatic carbocycles. The van der Waals surface area contributed by atoms with E-state index < -0.39 is 0 Å². The molecule has 90 valence electrons. The zero-order chi connectivity index (χ0) is 12.6. The van der Waals surface area contributed by atoms with Crippen LogP contribution >= 0.6 is 11.8 Å². The fourth-order valence-electron chi connectivity index (χ4n) is 1.54. The summed E-state index contributed by atoms with van der Waals surface area (Å²) in [7, 11) is 5.33. The molecule has 2 aromatic rings. The van der Waals surface area contributed by atoms with Gasteiger partial charge in [0, 0.05) is 37.6 Å². The van der Waals surface area contributed by atoms with Crippen molar-refractivity contribution in [1.29, 1.82) is 0 Å². The van der Waals surface area contributed by atoms with Crippen LogP contribution in [0.5, 0.6) is 0 Å². The quantitative estimate of drug-likeness (QED) is 0.727. The molecule has 0 N–H and O–H groups in total. The molecule has 0 unspecified atom stereocenters. The van der Waals surface area contributed by atoms with Gasteiger partial charge in [0.2, 0.25) is 0 Å². The standard InChI is InChI=1S/C11H14N4OS/c1-7-9-5-8(17-11(16)14(2)3)6-12-10(9)15(4)13-7/h5-6H,1-4H3. The number of amides is 1. The van der Waals surface area contributed by atoms with Crippen molar-refractivity contribution >= 4 is 28.0 Å². The molecule has 0 atom stereocenters. The monoisotopic (exact) mass is 250 g/mol. The molecule has 0 radical (unpaired) electrons. The average molecular weight is 250 g/mol. The van der Waals surface area contributed by atoms with Gasteiger partial charge in [0.25, 0.3) is 5.24 Å². The first-order chi connectivity index (χ1) is 7.99. The fraction of sp³-hybridized carbons (Fsp3) is 0.364. The van der Waals surface area contributed by atoms with Gasteiger partial charge in [-0.2, -0.15) is 5.10 Å². The van der Waals surface area contributed by atoms with Crippen molar-refractivity contribution in [3.63, 3.8) is 0 Å². The van der Waals surface area contributed by atoms with Crippen LogP contribution in [0.1, 0.15) is 5.69 Å². The zero-order valence-electron chi connectivity index (χ0n) is 10.3. The van der Waals surface area contributed by atoms with Crippen molar-refractivity contribution in [1.82, 2.24) is 19.7 Å². The van der Waals surface area contributed by atoms with Crippen LogP contribution in [-0.2, 0) is 7.05 Å². The first-order valence-corrected chi connectivity index (χ1v) is 5.99. The summed E-state index contributed by atoms with van der Waals surface area (Å²) in [6.07, 6.45) is 1.70. The topological polar surface area (TPSA) is 51.0 Å². The highest BCUT2D eigenvalue weighted by molar-refractivity contribution is 8.13. The molecule has 2 rings (SSSR count). The summed E-state index contributed by atoms with van der Waals surface area (Å²) in [5.74, 6) is 0. The number of carbonyl (C=O) groups is 1. The summed E-state index contributed by atoms with van der Waals surface area (Å²) in [5.41, 5.74) is 1.76. The van der Waals surface area contributed by atoms with Crippen LogP contribution in [0.4, 0.5) is 4.79 Å². The van der Waals surface area contributed by atoms with Crippen LogP contribution in [0.3, 0.4) is 0 Å². The lowest BCUT2D eigenvalue weighted by atomic mass is 10.3. The lowest BCUT2D eigenvalue weighted by Crippen LogP contribution is -2.16. The molecule has 0 aliphatic heterocycles. The van der Waals surface area contributed by atoms with E-state index in [2.05, 4.69) is 10.1 Å². The van der Waals surface area contributed by atoms with E-state index in [0.29, 0.717) is 0 Å². The Morgan fingerprint density at radius 3 is 2.82 bits per heavy atom. The molecule has 1 amide bonds. The molecule has 2 aromatic heterocycles.